The first-order valence-corrected chi connectivity index (χ1v) is 9.18. The van der Waals surface area contributed by atoms with Gasteiger partial charge in [0.2, 0.25) is 5.91 Å². The van der Waals surface area contributed by atoms with Crippen LogP contribution < -0.4 is 0 Å². The highest BCUT2D eigenvalue weighted by atomic mass is 32.2. The van der Waals surface area contributed by atoms with Crippen LogP contribution in [-0.4, -0.2) is 28.6 Å². The molecular weight excluding hydrogens is 278 g/mol. The number of hydrogen-bond acceptors (Lipinski definition) is 2. The number of nitrogens with zero attached hydrogens (tertiary/aromatic N) is 1. The van der Waals surface area contributed by atoms with Crippen LogP contribution in [0.5, 0.6) is 0 Å². The fourth-order valence-corrected chi connectivity index (χ4v) is 4.07. The molecule has 0 spiro atoms. The number of carbonyl (C=O) groups excluding carboxylic acids is 1. The first kappa shape index (κ1) is 16.4. The van der Waals surface area contributed by atoms with Crippen LogP contribution in [0.25, 0.3) is 0 Å². The van der Waals surface area contributed by atoms with Crippen LogP contribution in [0.2, 0.25) is 0 Å². The van der Waals surface area contributed by atoms with Gasteiger partial charge in [-0.3, -0.25) is 4.79 Å². The standard InChI is InChI=1S/C18H27NOS/c1-14(2)19(17-9-4-5-10-17)18(20)13-21-12-16-8-6-7-15(3)11-16/h6-8,11,14,17H,4-5,9-10,12-13H2,1-3H3. The molecule has 0 radical (unpaired) electrons. The number of amides is 1. The molecule has 1 fully saturated rings. The van der Waals surface area contributed by atoms with Gasteiger partial charge in [-0.05, 0) is 39.2 Å². The average molecular weight is 305 g/mol. The van der Waals surface area contributed by atoms with E-state index in [1.54, 1.807) is 11.8 Å². The molecule has 2 rings (SSSR count). The Morgan fingerprint density at radius 2 is 2.05 bits per heavy atom. The Morgan fingerprint density at radius 3 is 2.67 bits per heavy atom. The molecule has 1 aliphatic rings. The Balaban J connectivity index is 1.84. The zero-order valence-electron chi connectivity index (χ0n) is 13.5. The van der Waals surface area contributed by atoms with Gasteiger partial charge in [0, 0.05) is 17.8 Å². The molecule has 21 heavy (non-hydrogen) atoms. The Kier molecular flexibility index (Phi) is 6.16. The van der Waals surface area contributed by atoms with Crippen molar-refractivity contribution >= 4 is 17.7 Å². The molecule has 2 nitrogen and oxygen atoms in total. The number of rotatable bonds is 6. The zero-order chi connectivity index (χ0) is 15.2. The minimum atomic E-state index is 0.314. The van der Waals surface area contributed by atoms with Crippen molar-refractivity contribution in [3.05, 3.63) is 35.4 Å². The lowest BCUT2D eigenvalue weighted by Gasteiger charge is -2.32. The lowest BCUT2D eigenvalue weighted by Crippen LogP contribution is -2.44. The van der Waals surface area contributed by atoms with Gasteiger partial charge in [0.1, 0.15) is 0 Å². The monoisotopic (exact) mass is 305 g/mol. The average Bonchev–Trinajstić information content (AvgIpc) is 2.92. The van der Waals surface area contributed by atoms with E-state index in [1.807, 2.05) is 0 Å². The van der Waals surface area contributed by atoms with E-state index in [-0.39, 0.29) is 0 Å². The lowest BCUT2D eigenvalue weighted by atomic mass is 10.1. The van der Waals surface area contributed by atoms with Gasteiger partial charge in [0.15, 0.2) is 0 Å². The second-order valence-electron chi connectivity index (χ2n) is 6.31. The van der Waals surface area contributed by atoms with Gasteiger partial charge in [-0.1, -0.05) is 42.7 Å². The molecule has 0 aliphatic heterocycles. The number of aryl methyl sites for hydroxylation is 1. The van der Waals surface area contributed by atoms with Crippen LogP contribution in [0.15, 0.2) is 24.3 Å². The molecule has 0 bridgehead atoms. The van der Waals surface area contributed by atoms with Gasteiger partial charge < -0.3 is 4.90 Å². The van der Waals surface area contributed by atoms with E-state index in [4.69, 9.17) is 0 Å². The highest BCUT2D eigenvalue weighted by molar-refractivity contribution is 7.99. The number of hydrogen-bond donors (Lipinski definition) is 0. The summed E-state index contributed by atoms with van der Waals surface area (Å²) in [5.74, 6) is 1.83. The van der Waals surface area contributed by atoms with Gasteiger partial charge >= 0.3 is 0 Å². The summed E-state index contributed by atoms with van der Waals surface area (Å²) in [7, 11) is 0. The van der Waals surface area contributed by atoms with E-state index in [0.29, 0.717) is 23.7 Å². The third-order valence-electron chi connectivity index (χ3n) is 4.14. The summed E-state index contributed by atoms with van der Waals surface area (Å²) in [6.07, 6.45) is 4.92. The van der Waals surface area contributed by atoms with Crippen LogP contribution in [0.4, 0.5) is 0 Å². The number of thioether (sulfide) groups is 1. The highest BCUT2D eigenvalue weighted by Gasteiger charge is 2.28. The molecule has 3 heteroatoms. The molecule has 116 valence electrons. The van der Waals surface area contributed by atoms with E-state index < -0.39 is 0 Å². The second-order valence-corrected chi connectivity index (χ2v) is 7.30. The first-order chi connectivity index (χ1) is 10.1. The van der Waals surface area contributed by atoms with Crippen LogP contribution >= 0.6 is 11.8 Å². The maximum absolute atomic E-state index is 12.5. The van der Waals surface area contributed by atoms with Gasteiger partial charge in [-0.15, -0.1) is 11.8 Å². The molecule has 1 saturated carbocycles. The summed E-state index contributed by atoms with van der Waals surface area (Å²) in [6, 6.07) is 9.35. The molecule has 1 aliphatic carbocycles. The zero-order valence-corrected chi connectivity index (χ0v) is 14.3. The quantitative estimate of drug-likeness (QED) is 0.776. The van der Waals surface area contributed by atoms with Gasteiger partial charge in [0.05, 0.1) is 5.75 Å². The highest BCUT2D eigenvalue weighted by Crippen LogP contribution is 2.26. The van der Waals surface area contributed by atoms with E-state index in [1.165, 1.54) is 36.8 Å². The third-order valence-corrected chi connectivity index (χ3v) is 5.13. The van der Waals surface area contributed by atoms with Crippen LogP contribution in [-0.2, 0) is 10.5 Å². The normalized spacial score (nSPS) is 15.6. The molecule has 0 unspecified atom stereocenters. The van der Waals surface area contributed by atoms with Crippen molar-refractivity contribution in [2.24, 2.45) is 0 Å². The SMILES string of the molecule is Cc1cccc(CSCC(=O)N(C(C)C)C2CCCC2)c1. The fraction of sp³-hybridized carbons (Fsp3) is 0.611. The van der Waals surface area contributed by atoms with Crippen molar-refractivity contribution in [1.29, 1.82) is 0 Å². The third kappa shape index (κ3) is 4.77. The van der Waals surface area contributed by atoms with Crippen molar-refractivity contribution in [3.8, 4) is 0 Å². The molecule has 0 saturated heterocycles. The summed E-state index contributed by atoms with van der Waals surface area (Å²) in [5, 5.41) is 0. The fourth-order valence-electron chi connectivity index (χ4n) is 3.23. The minimum absolute atomic E-state index is 0.314. The smallest absolute Gasteiger partial charge is 0.233 e. The van der Waals surface area contributed by atoms with Crippen molar-refractivity contribution in [1.82, 2.24) is 4.90 Å². The van der Waals surface area contributed by atoms with Crippen molar-refractivity contribution in [2.45, 2.75) is 64.3 Å². The molecule has 1 aromatic rings. The predicted octanol–water partition coefficient (Wildman–Crippen LogP) is 4.41. The van der Waals surface area contributed by atoms with E-state index >= 15 is 0 Å². The van der Waals surface area contributed by atoms with Gasteiger partial charge in [0.25, 0.3) is 0 Å². The molecule has 0 N–H and O–H groups in total. The summed E-state index contributed by atoms with van der Waals surface area (Å²) in [4.78, 5) is 14.7. The van der Waals surface area contributed by atoms with E-state index in [9.17, 15) is 4.79 Å². The molecule has 1 aromatic carbocycles. The van der Waals surface area contributed by atoms with Crippen LogP contribution in [0.3, 0.4) is 0 Å². The molecule has 0 aromatic heterocycles. The minimum Gasteiger partial charge on any atom is -0.337 e. The van der Waals surface area contributed by atoms with E-state index in [0.717, 1.165) is 5.75 Å². The maximum atomic E-state index is 12.5. The first-order valence-electron chi connectivity index (χ1n) is 8.02. The van der Waals surface area contributed by atoms with Crippen LogP contribution in [0.1, 0.15) is 50.7 Å². The summed E-state index contributed by atoms with van der Waals surface area (Å²) < 4.78 is 0. The van der Waals surface area contributed by atoms with E-state index in [2.05, 4.69) is 49.9 Å². The van der Waals surface area contributed by atoms with Gasteiger partial charge in [-0.25, -0.2) is 0 Å². The maximum Gasteiger partial charge on any atom is 0.233 e. The second kappa shape index (κ2) is 7.88. The van der Waals surface area contributed by atoms with Crippen molar-refractivity contribution < 1.29 is 4.79 Å². The topological polar surface area (TPSA) is 20.3 Å². The van der Waals surface area contributed by atoms with Crippen molar-refractivity contribution in [3.63, 3.8) is 0 Å². The molecule has 0 atom stereocenters. The summed E-state index contributed by atoms with van der Waals surface area (Å²) in [6.45, 7) is 6.39. The predicted molar refractivity (Wildman–Crippen MR) is 91.6 cm³/mol. The Morgan fingerprint density at radius 1 is 1.33 bits per heavy atom. The van der Waals surface area contributed by atoms with Gasteiger partial charge in [-0.2, -0.15) is 0 Å². The Hall–Kier alpha value is -0.960. The Labute approximate surface area is 133 Å². The largest absolute Gasteiger partial charge is 0.337 e. The molecule has 0 heterocycles. The Bertz CT molecular complexity index is 466. The lowest BCUT2D eigenvalue weighted by molar-refractivity contribution is -0.132. The number of benzene rings is 1. The van der Waals surface area contributed by atoms with Crippen LogP contribution in [0, 0.1) is 6.92 Å². The summed E-state index contributed by atoms with van der Waals surface area (Å²) in [5.41, 5.74) is 2.60. The molecule has 1 amide bonds. The van der Waals surface area contributed by atoms with Crippen molar-refractivity contribution in [2.75, 3.05) is 5.75 Å². The molecular formula is C18H27NOS. The summed E-state index contributed by atoms with van der Waals surface area (Å²) >= 11 is 1.74. The number of carbonyl (C=O) groups is 1.